The van der Waals surface area contributed by atoms with E-state index < -0.39 is 0 Å². The van der Waals surface area contributed by atoms with Gasteiger partial charge in [-0.3, -0.25) is 4.79 Å². The number of hydrogen-bond donors (Lipinski definition) is 2. The normalized spacial score (nSPS) is 10.2. The van der Waals surface area contributed by atoms with Gasteiger partial charge >= 0.3 is 0 Å². The van der Waals surface area contributed by atoms with Gasteiger partial charge in [-0.1, -0.05) is 30.3 Å². The minimum atomic E-state index is -0.0948. The third kappa shape index (κ3) is 4.63. The molecule has 0 bridgehead atoms. The van der Waals surface area contributed by atoms with Crippen LogP contribution in [0, 0.1) is 13.8 Å². The average Bonchev–Trinajstić information content (AvgIpc) is 2.65. The fraction of sp³-hybridized carbons (Fsp3) is 0.136. The Kier molecular flexibility index (Phi) is 5.54. The Hall–Kier alpha value is -3.27. The van der Waals surface area contributed by atoms with Gasteiger partial charge in [-0.2, -0.15) is 0 Å². The molecule has 0 aliphatic rings. The highest BCUT2D eigenvalue weighted by atomic mass is 16.5. The molecule has 2 N–H and O–H groups in total. The van der Waals surface area contributed by atoms with Gasteiger partial charge in [0.05, 0.1) is 6.54 Å². The molecule has 132 valence electrons. The summed E-state index contributed by atoms with van der Waals surface area (Å²) in [6.07, 6.45) is 0. The van der Waals surface area contributed by atoms with Crippen molar-refractivity contribution in [2.24, 2.45) is 0 Å². The molecule has 26 heavy (non-hydrogen) atoms. The molecule has 3 rings (SSSR count). The standard InChI is InChI=1S/C22H22N2O2/c1-16-7-6-10-21(17(16)2)23-15-22(25)24-18-11-13-20(14-12-18)26-19-8-4-3-5-9-19/h3-14,23H,15H2,1-2H3,(H,24,25). The van der Waals surface area contributed by atoms with Gasteiger partial charge in [-0.15, -0.1) is 0 Å². The molecule has 0 aromatic heterocycles. The van der Waals surface area contributed by atoms with Crippen LogP contribution in [0.4, 0.5) is 11.4 Å². The van der Waals surface area contributed by atoms with Crippen LogP contribution in [0.25, 0.3) is 0 Å². The molecule has 0 aliphatic carbocycles. The third-order valence-electron chi connectivity index (χ3n) is 4.16. The minimum Gasteiger partial charge on any atom is -0.457 e. The molecular weight excluding hydrogens is 324 g/mol. The third-order valence-corrected chi connectivity index (χ3v) is 4.16. The van der Waals surface area contributed by atoms with Crippen LogP contribution >= 0.6 is 0 Å². The summed E-state index contributed by atoms with van der Waals surface area (Å²) in [5.74, 6) is 1.41. The maximum atomic E-state index is 12.2. The molecule has 3 aromatic carbocycles. The van der Waals surface area contributed by atoms with E-state index in [9.17, 15) is 4.79 Å². The Labute approximate surface area is 153 Å². The highest BCUT2D eigenvalue weighted by molar-refractivity contribution is 5.93. The van der Waals surface area contributed by atoms with Crippen molar-refractivity contribution in [3.05, 3.63) is 83.9 Å². The molecule has 4 nitrogen and oxygen atoms in total. The number of nitrogens with one attached hydrogen (secondary N) is 2. The van der Waals surface area contributed by atoms with Crippen LogP contribution in [-0.4, -0.2) is 12.5 Å². The van der Waals surface area contributed by atoms with E-state index in [4.69, 9.17) is 4.74 Å². The number of aryl methyl sites for hydroxylation is 1. The predicted molar refractivity (Wildman–Crippen MR) is 106 cm³/mol. The van der Waals surface area contributed by atoms with Crippen LogP contribution in [0.5, 0.6) is 11.5 Å². The summed E-state index contributed by atoms with van der Waals surface area (Å²) in [4.78, 5) is 12.2. The number of ether oxygens (including phenoxy) is 1. The summed E-state index contributed by atoms with van der Waals surface area (Å²) in [7, 11) is 0. The summed E-state index contributed by atoms with van der Waals surface area (Å²) in [6, 6.07) is 22.9. The monoisotopic (exact) mass is 346 g/mol. The fourth-order valence-electron chi connectivity index (χ4n) is 2.55. The molecule has 0 aliphatic heterocycles. The fourth-order valence-corrected chi connectivity index (χ4v) is 2.55. The van der Waals surface area contributed by atoms with Crippen molar-refractivity contribution in [3.63, 3.8) is 0 Å². The predicted octanol–water partition coefficient (Wildman–Crippen LogP) is 5.15. The second kappa shape index (κ2) is 8.21. The summed E-state index contributed by atoms with van der Waals surface area (Å²) < 4.78 is 5.74. The number of benzene rings is 3. The summed E-state index contributed by atoms with van der Waals surface area (Å²) in [5, 5.41) is 6.06. The van der Waals surface area contributed by atoms with Crippen molar-refractivity contribution in [2.45, 2.75) is 13.8 Å². The van der Waals surface area contributed by atoms with Crippen LogP contribution in [0.1, 0.15) is 11.1 Å². The van der Waals surface area contributed by atoms with E-state index >= 15 is 0 Å². The molecule has 0 spiro atoms. The molecular formula is C22H22N2O2. The first kappa shape index (κ1) is 17.5. The Morgan fingerprint density at radius 3 is 2.27 bits per heavy atom. The van der Waals surface area contributed by atoms with Crippen LogP contribution < -0.4 is 15.4 Å². The number of anilines is 2. The van der Waals surface area contributed by atoms with Crippen LogP contribution in [0.3, 0.4) is 0 Å². The van der Waals surface area contributed by atoms with Gasteiger partial charge in [0.2, 0.25) is 5.91 Å². The van der Waals surface area contributed by atoms with Crippen molar-refractivity contribution in [3.8, 4) is 11.5 Å². The minimum absolute atomic E-state index is 0.0948. The molecule has 0 atom stereocenters. The van der Waals surface area contributed by atoms with Gasteiger partial charge < -0.3 is 15.4 Å². The number of hydrogen-bond acceptors (Lipinski definition) is 3. The zero-order valence-corrected chi connectivity index (χ0v) is 15.0. The molecule has 4 heteroatoms. The van der Waals surface area contributed by atoms with E-state index in [0.717, 1.165) is 28.4 Å². The van der Waals surface area contributed by atoms with Gasteiger partial charge in [-0.25, -0.2) is 0 Å². The Bertz CT molecular complexity index is 874. The molecule has 0 heterocycles. The SMILES string of the molecule is Cc1cccc(NCC(=O)Nc2ccc(Oc3ccccc3)cc2)c1C. The first-order valence-corrected chi connectivity index (χ1v) is 8.55. The molecule has 0 unspecified atom stereocenters. The van der Waals surface area contributed by atoms with Gasteiger partial charge in [0.1, 0.15) is 11.5 Å². The largest absolute Gasteiger partial charge is 0.457 e. The lowest BCUT2D eigenvalue weighted by Crippen LogP contribution is -2.22. The highest BCUT2D eigenvalue weighted by Crippen LogP contribution is 2.22. The van der Waals surface area contributed by atoms with Gasteiger partial charge in [0, 0.05) is 11.4 Å². The Morgan fingerprint density at radius 1 is 0.846 bits per heavy atom. The topological polar surface area (TPSA) is 50.4 Å². The number of carbonyl (C=O) groups is 1. The average molecular weight is 346 g/mol. The van der Waals surface area contributed by atoms with Crippen LogP contribution in [0.2, 0.25) is 0 Å². The highest BCUT2D eigenvalue weighted by Gasteiger charge is 2.05. The summed E-state index contributed by atoms with van der Waals surface area (Å²) in [6.45, 7) is 4.31. The van der Waals surface area contributed by atoms with Gasteiger partial charge in [0.25, 0.3) is 0 Å². The van der Waals surface area contributed by atoms with Gasteiger partial charge in [-0.05, 0) is 67.4 Å². The maximum absolute atomic E-state index is 12.2. The van der Waals surface area contributed by atoms with Crippen molar-refractivity contribution in [1.29, 1.82) is 0 Å². The lowest BCUT2D eigenvalue weighted by molar-refractivity contribution is -0.114. The van der Waals surface area contributed by atoms with Gasteiger partial charge in [0.15, 0.2) is 0 Å². The number of para-hydroxylation sites is 1. The second-order valence-electron chi connectivity index (χ2n) is 6.09. The number of carbonyl (C=O) groups excluding carboxylic acids is 1. The zero-order valence-electron chi connectivity index (χ0n) is 15.0. The maximum Gasteiger partial charge on any atom is 0.243 e. The molecule has 0 saturated heterocycles. The summed E-state index contributed by atoms with van der Waals surface area (Å²) >= 11 is 0. The van der Waals surface area contributed by atoms with E-state index in [2.05, 4.69) is 23.6 Å². The number of rotatable bonds is 6. The molecule has 0 radical (unpaired) electrons. The van der Waals surface area contributed by atoms with E-state index in [1.807, 2.05) is 73.7 Å². The zero-order chi connectivity index (χ0) is 18.4. The number of amides is 1. The smallest absolute Gasteiger partial charge is 0.243 e. The van der Waals surface area contributed by atoms with Crippen molar-refractivity contribution in [2.75, 3.05) is 17.2 Å². The molecule has 1 amide bonds. The summed E-state index contributed by atoms with van der Waals surface area (Å²) in [5.41, 5.74) is 4.07. The lowest BCUT2D eigenvalue weighted by atomic mass is 10.1. The Morgan fingerprint density at radius 2 is 1.54 bits per heavy atom. The van der Waals surface area contributed by atoms with Crippen molar-refractivity contribution in [1.82, 2.24) is 0 Å². The molecule has 3 aromatic rings. The van der Waals surface area contributed by atoms with Crippen molar-refractivity contribution < 1.29 is 9.53 Å². The molecule has 0 fully saturated rings. The quantitative estimate of drug-likeness (QED) is 0.649. The second-order valence-corrected chi connectivity index (χ2v) is 6.09. The van der Waals surface area contributed by atoms with E-state index in [1.165, 1.54) is 5.56 Å². The van der Waals surface area contributed by atoms with Crippen LogP contribution in [-0.2, 0) is 4.79 Å². The van der Waals surface area contributed by atoms with Crippen LogP contribution in [0.15, 0.2) is 72.8 Å². The molecule has 0 saturated carbocycles. The van der Waals surface area contributed by atoms with E-state index in [0.29, 0.717) is 0 Å². The first-order chi connectivity index (χ1) is 12.6. The van der Waals surface area contributed by atoms with E-state index in [1.54, 1.807) is 0 Å². The Balaban J connectivity index is 1.53. The first-order valence-electron chi connectivity index (χ1n) is 8.55. The van der Waals surface area contributed by atoms with Crippen molar-refractivity contribution >= 4 is 17.3 Å². The lowest BCUT2D eigenvalue weighted by Gasteiger charge is -2.12. The van der Waals surface area contributed by atoms with E-state index in [-0.39, 0.29) is 12.5 Å².